The van der Waals surface area contributed by atoms with Crippen molar-refractivity contribution < 1.29 is 19.2 Å². The largest absolute Gasteiger partial charge is 0.356 e. The number of ketones is 1. The van der Waals surface area contributed by atoms with Gasteiger partial charge in [0.15, 0.2) is 0 Å². The maximum atomic E-state index is 12.4. The molecule has 1 aliphatic heterocycles. The summed E-state index contributed by atoms with van der Waals surface area (Å²) >= 11 is 1.29. The second-order valence-electron chi connectivity index (χ2n) is 7.35. The molecule has 0 spiro atoms. The lowest BCUT2D eigenvalue weighted by Gasteiger charge is -2.15. The first-order valence-corrected chi connectivity index (χ1v) is 11.4. The smallest absolute Gasteiger partial charge is 0.242 e. The fraction of sp³-hybridized carbons (Fsp3) is 0.800. The lowest BCUT2D eigenvalue weighted by atomic mass is 10.1. The average Bonchev–Trinajstić information content (AvgIpc) is 2.92. The molecule has 1 saturated heterocycles. The predicted octanol–water partition coefficient (Wildman–Crippen LogP) is 2.02. The Balaban J connectivity index is 2.16. The number of unbranched alkanes of at least 4 members (excludes halogenated alkanes) is 5. The van der Waals surface area contributed by atoms with Gasteiger partial charge in [-0.1, -0.05) is 32.6 Å². The molecule has 0 aromatic heterocycles. The van der Waals surface area contributed by atoms with Gasteiger partial charge >= 0.3 is 0 Å². The molecule has 0 saturated carbocycles. The number of amides is 3. The van der Waals surface area contributed by atoms with E-state index in [0.717, 1.165) is 32.2 Å². The van der Waals surface area contributed by atoms with Crippen LogP contribution in [0.15, 0.2) is 0 Å². The van der Waals surface area contributed by atoms with Crippen LogP contribution >= 0.6 is 11.8 Å². The summed E-state index contributed by atoms with van der Waals surface area (Å²) in [5, 5.41) is 2.50. The summed E-state index contributed by atoms with van der Waals surface area (Å²) in [6, 6.07) is -0.597. The fourth-order valence-electron chi connectivity index (χ4n) is 2.96. The zero-order valence-corrected chi connectivity index (χ0v) is 18.0. The third kappa shape index (κ3) is 9.19. The van der Waals surface area contributed by atoms with E-state index in [1.165, 1.54) is 36.4 Å². The van der Waals surface area contributed by atoms with E-state index >= 15 is 0 Å². The van der Waals surface area contributed by atoms with Gasteiger partial charge in [0.1, 0.15) is 5.78 Å². The molecule has 3 amide bonds. The zero-order valence-electron chi connectivity index (χ0n) is 17.2. The molecular formula is C20H35N3O4S. The Kier molecular flexibility index (Phi) is 12.1. The average molecular weight is 414 g/mol. The van der Waals surface area contributed by atoms with Crippen molar-refractivity contribution in [3.05, 3.63) is 0 Å². The van der Waals surface area contributed by atoms with Crippen molar-refractivity contribution in [1.29, 1.82) is 0 Å². The molecule has 28 heavy (non-hydrogen) atoms. The summed E-state index contributed by atoms with van der Waals surface area (Å²) in [5.41, 5.74) is 5.69. The van der Waals surface area contributed by atoms with Crippen molar-refractivity contribution in [3.63, 3.8) is 0 Å². The Labute approximate surface area is 172 Å². The molecule has 0 bridgehead atoms. The highest BCUT2D eigenvalue weighted by molar-refractivity contribution is 8.00. The molecular weight excluding hydrogens is 378 g/mol. The third-order valence-corrected chi connectivity index (χ3v) is 6.16. The molecule has 0 aromatic rings. The Morgan fingerprint density at radius 3 is 2.57 bits per heavy atom. The number of likely N-dealkylation sites (tertiary alicyclic amines) is 1. The van der Waals surface area contributed by atoms with Gasteiger partial charge in [-0.25, -0.2) is 0 Å². The number of nitrogens with zero attached hydrogens (tertiary/aromatic N) is 1. The van der Waals surface area contributed by atoms with Gasteiger partial charge in [-0.15, -0.1) is 11.8 Å². The number of nitrogens with one attached hydrogen (secondary N) is 1. The summed E-state index contributed by atoms with van der Waals surface area (Å²) in [5.74, 6) is -0.0473. The van der Waals surface area contributed by atoms with Crippen LogP contribution in [0.3, 0.4) is 0 Å². The second kappa shape index (κ2) is 13.7. The number of hydrogen-bond donors (Lipinski definition) is 2. The molecule has 160 valence electrons. The van der Waals surface area contributed by atoms with Crippen molar-refractivity contribution in [2.75, 3.05) is 18.8 Å². The van der Waals surface area contributed by atoms with Gasteiger partial charge in [0.2, 0.25) is 17.7 Å². The summed E-state index contributed by atoms with van der Waals surface area (Å²) in [6.07, 6.45) is 7.46. The van der Waals surface area contributed by atoms with Crippen LogP contribution in [-0.2, 0) is 19.2 Å². The zero-order chi connectivity index (χ0) is 20.9. The minimum absolute atomic E-state index is 0.0723. The Bertz CT molecular complexity index is 542. The van der Waals surface area contributed by atoms with Crippen LogP contribution in [0.2, 0.25) is 0 Å². The number of hydrogen-bond acceptors (Lipinski definition) is 6. The van der Waals surface area contributed by atoms with Gasteiger partial charge in [-0.05, 0) is 26.2 Å². The third-order valence-electron chi connectivity index (χ3n) is 4.84. The molecule has 1 rings (SSSR count). The van der Waals surface area contributed by atoms with E-state index in [9.17, 15) is 19.2 Å². The number of rotatable bonds is 15. The van der Waals surface area contributed by atoms with Gasteiger partial charge in [0.05, 0.1) is 11.3 Å². The summed E-state index contributed by atoms with van der Waals surface area (Å²) in [4.78, 5) is 48.7. The monoisotopic (exact) mass is 413 g/mol. The first-order chi connectivity index (χ1) is 13.4. The molecule has 1 heterocycles. The standard InChI is InChI=1S/C20H35N3O4S/c1-3-4-5-8-11-22-18(25)10-7-6-9-12-23-19(26)13-17(20(23)27)28-14-16(21)15(2)24/h16-17H,3-14,21H2,1-2H3,(H,22,25)/t16-,17?/m0/s1. The van der Waals surface area contributed by atoms with E-state index in [-0.39, 0.29) is 29.9 Å². The fourth-order valence-corrected chi connectivity index (χ4v) is 4.16. The van der Waals surface area contributed by atoms with Crippen LogP contribution in [0, 0.1) is 0 Å². The molecule has 1 aliphatic rings. The molecule has 2 atom stereocenters. The number of Topliss-reactive ketones (excluding diaryl/α,β-unsaturated/α-hetero) is 1. The molecule has 3 N–H and O–H groups in total. The van der Waals surface area contributed by atoms with E-state index in [2.05, 4.69) is 12.2 Å². The molecule has 0 aliphatic carbocycles. The lowest BCUT2D eigenvalue weighted by Crippen LogP contribution is -2.34. The summed E-state index contributed by atoms with van der Waals surface area (Å²) in [6.45, 7) is 4.71. The van der Waals surface area contributed by atoms with Crippen molar-refractivity contribution in [3.8, 4) is 0 Å². The highest BCUT2D eigenvalue weighted by Crippen LogP contribution is 2.26. The minimum Gasteiger partial charge on any atom is -0.356 e. The first kappa shape index (κ1) is 24.6. The van der Waals surface area contributed by atoms with Crippen molar-refractivity contribution in [2.45, 2.75) is 82.9 Å². The van der Waals surface area contributed by atoms with Crippen molar-refractivity contribution in [1.82, 2.24) is 10.2 Å². The van der Waals surface area contributed by atoms with Gasteiger partial charge in [-0.2, -0.15) is 0 Å². The topological polar surface area (TPSA) is 110 Å². The van der Waals surface area contributed by atoms with E-state index in [1.807, 2.05) is 0 Å². The number of imide groups is 1. The lowest BCUT2D eigenvalue weighted by molar-refractivity contribution is -0.138. The van der Waals surface area contributed by atoms with Crippen LogP contribution in [0.4, 0.5) is 0 Å². The van der Waals surface area contributed by atoms with Gasteiger partial charge in [-0.3, -0.25) is 24.1 Å². The number of carbonyl (C=O) groups excluding carboxylic acids is 4. The highest BCUT2D eigenvalue weighted by atomic mass is 32.2. The van der Waals surface area contributed by atoms with Crippen LogP contribution in [-0.4, -0.2) is 58.5 Å². The number of carbonyl (C=O) groups is 4. The van der Waals surface area contributed by atoms with E-state index in [0.29, 0.717) is 25.1 Å². The Morgan fingerprint density at radius 2 is 1.89 bits per heavy atom. The SMILES string of the molecule is CCCCCCNC(=O)CCCCCN1C(=O)CC(SC[C@H](N)C(C)=O)C1=O. The first-order valence-electron chi connectivity index (χ1n) is 10.3. The van der Waals surface area contributed by atoms with E-state index in [4.69, 9.17) is 5.73 Å². The molecule has 8 heteroatoms. The van der Waals surface area contributed by atoms with Gasteiger partial charge in [0, 0.05) is 31.7 Å². The summed E-state index contributed by atoms with van der Waals surface area (Å²) in [7, 11) is 0. The van der Waals surface area contributed by atoms with Crippen LogP contribution in [0.25, 0.3) is 0 Å². The molecule has 7 nitrogen and oxygen atoms in total. The maximum Gasteiger partial charge on any atom is 0.242 e. The predicted molar refractivity (Wildman–Crippen MR) is 112 cm³/mol. The minimum atomic E-state index is -0.597. The van der Waals surface area contributed by atoms with Gasteiger partial charge < -0.3 is 11.1 Å². The van der Waals surface area contributed by atoms with Crippen LogP contribution in [0.5, 0.6) is 0 Å². The van der Waals surface area contributed by atoms with Crippen LogP contribution in [0.1, 0.15) is 71.6 Å². The normalized spacial score (nSPS) is 17.8. The molecule has 0 radical (unpaired) electrons. The second-order valence-corrected chi connectivity index (χ2v) is 8.58. The van der Waals surface area contributed by atoms with Crippen LogP contribution < -0.4 is 11.1 Å². The van der Waals surface area contributed by atoms with Crippen molar-refractivity contribution in [2.24, 2.45) is 5.73 Å². The molecule has 0 aromatic carbocycles. The van der Waals surface area contributed by atoms with Crippen molar-refractivity contribution >= 4 is 35.3 Å². The number of nitrogens with two attached hydrogens (primary N) is 1. The Hall–Kier alpha value is -1.41. The van der Waals surface area contributed by atoms with E-state index in [1.54, 1.807) is 0 Å². The quantitative estimate of drug-likeness (QED) is 0.314. The maximum absolute atomic E-state index is 12.4. The summed E-state index contributed by atoms with van der Waals surface area (Å²) < 4.78 is 0. The van der Waals surface area contributed by atoms with Gasteiger partial charge in [0.25, 0.3) is 0 Å². The number of thioether (sulfide) groups is 1. The Morgan fingerprint density at radius 1 is 1.18 bits per heavy atom. The molecule has 1 unspecified atom stereocenters. The van der Waals surface area contributed by atoms with E-state index < -0.39 is 11.3 Å². The molecule has 1 fully saturated rings. The highest BCUT2D eigenvalue weighted by Gasteiger charge is 2.38.